The van der Waals surface area contributed by atoms with Crippen LogP contribution in [0.3, 0.4) is 0 Å². The van der Waals surface area contributed by atoms with E-state index in [4.69, 9.17) is 0 Å². The average Bonchev–Trinajstić information content (AvgIpc) is 3.09. The van der Waals surface area contributed by atoms with Crippen molar-refractivity contribution in [2.24, 2.45) is 34.5 Å². The largest absolute Gasteiger partial charge is 0.299 e. The molecule has 4 aliphatic rings. The Labute approximate surface area is 176 Å². The average molecular weight is 389 g/mol. The van der Waals surface area contributed by atoms with Crippen molar-refractivity contribution in [3.8, 4) is 0 Å². The first-order valence-corrected chi connectivity index (χ1v) is 12.0. The highest BCUT2D eigenvalue weighted by molar-refractivity contribution is 5.82. The Balaban J connectivity index is 1.33. The van der Waals surface area contributed by atoms with Crippen LogP contribution in [-0.2, 0) is 11.2 Å². The van der Waals surface area contributed by atoms with E-state index in [2.05, 4.69) is 62.4 Å². The highest BCUT2D eigenvalue weighted by atomic mass is 16.1. The van der Waals surface area contributed by atoms with E-state index in [9.17, 15) is 4.79 Å². The molecule has 1 nitrogen and oxygen atoms in total. The highest BCUT2D eigenvalue weighted by Crippen LogP contribution is 2.65. The van der Waals surface area contributed by atoms with Crippen molar-refractivity contribution in [2.45, 2.75) is 71.6 Å². The maximum Gasteiger partial charge on any atom is 0.136 e. The van der Waals surface area contributed by atoms with E-state index in [1.54, 1.807) is 5.57 Å². The summed E-state index contributed by atoms with van der Waals surface area (Å²) >= 11 is 0. The molecule has 1 aromatic carbocycles. The summed E-state index contributed by atoms with van der Waals surface area (Å²) in [7, 11) is 0. The molecular weight excluding hydrogens is 352 g/mol. The van der Waals surface area contributed by atoms with Crippen LogP contribution in [0.15, 0.2) is 54.1 Å². The number of hydrogen-bond donors (Lipinski definition) is 0. The van der Waals surface area contributed by atoms with Gasteiger partial charge in [0, 0.05) is 12.3 Å². The quantitative estimate of drug-likeness (QED) is 0.546. The Kier molecular flexibility index (Phi) is 4.84. The van der Waals surface area contributed by atoms with Gasteiger partial charge in [0.05, 0.1) is 0 Å². The summed E-state index contributed by atoms with van der Waals surface area (Å²) in [6.07, 6.45) is 17.7. The maximum absolute atomic E-state index is 13.3. The van der Waals surface area contributed by atoms with Gasteiger partial charge in [-0.3, -0.25) is 4.79 Å². The number of aryl methyl sites for hydroxylation is 1. The van der Waals surface area contributed by atoms with Gasteiger partial charge in [-0.1, -0.05) is 62.4 Å². The SMILES string of the molecule is C[C@]12CC[C@H]3[C@@H](CC=C4C=CCC[C@@]43C)[C@@H]1CC[C@@H]2C(=O)CCc1ccccc1. The van der Waals surface area contributed by atoms with Crippen LogP contribution in [0.25, 0.3) is 0 Å². The van der Waals surface area contributed by atoms with Crippen molar-refractivity contribution < 1.29 is 4.79 Å². The van der Waals surface area contributed by atoms with Crippen LogP contribution < -0.4 is 0 Å². The molecule has 2 saturated carbocycles. The van der Waals surface area contributed by atoms with Gasteiger partial charge in [0.2, 0.25) is 0 Å². The maximum atomic E-state index is 13.3. The van der Waals surface area contributed by atoms with E-state index in [0.717, 1.165) is 37.0 Å². The molecular formula is C28H36O. The zero-order chi connectivity index (χ0) is 20.1. The second kappa shape index (κ2) is 7.25. The van der Waals surface area contributed by atoms with Crippen LogP contribution in [0, 0.1) is 34.5 Å². The number of benzene rings is 1. The summed E-state index contributed by atoms with van der Waals surface area (Å²) < 4.78 is 0. The molecule has 1 heteroatoms. The third-order valence-corrected chi connectivity index (χ3v) is 9.54. The van der Waals surface area contributed by atoms with Crippen molar-refractivity contribution in [3.05, 3.63) is 59.7 Å². The van der Waals surface area contributed by atoms with Crippen molar-refractivity contribution in [2.75, 3.05) is 0 Å². The first-order chi connectivity index (χ1) is 14.0. The molecule has 1 aromatic rings. The Morgan fingerprint density at radius 1 is 1.03 bits per heavy atom. The Bertz CT molecular complexity index is 833. The number of allylic oxidation sites excluding steroid dienone is 4. The fourth-order valence-corrected chi connectivity index (χ4v) is 7.91. The molecule has 0 N–H and O–H groups in total. The van der Waals surface area contributed by atoms with Gasteiger partial charge in [-0.25, -0.2) is 0 Å². The Morgan fingerprint density at radius 2 is 1.86 bits per heavy atom. The predicted octanol–water partition coefficient (Wildman–Crippen LogP) is 6.93. The van der Waals surface area contributed by atoms with Gasteiger partial charge in [0.25, 0.3) is 0 Å². The zero-order valence-corrected chi connectivity index (χ0v) is 18.2. The molecule has 0 amide bonds. The van der Waals surface area contributed by atoms with Crippen molar-refractivity contribution in [3.63, 3.8) is 0 Å². The summed E-state index contributed by atoms with van der Waals surface area (Å²) in [5.41, 5.74) is 3.53. The number of hydrogen-bond acceptors (Lipinski definition) is 1. The number of carbonyl (C=O) groups excluding carboxylic acids is 1. The molecule has 0 bridgehead atoms. The molecule has 0 aromatic heterocycles. The van der Waals surface area contributed by atoms with E-state index >= 15 is 0 Å². The number of carbonyl (C=O) groups is 1. The molecule has 29 heavy (non-hydrogen) atoms. The summed E-state index contributed by atoms with van der Waals surface area (Å²) in [5.74, 6) is 3.19. The molecule has 2 fully saturated rings. The molecule has 0 unspecified atom stereocenters. The minimum atomic E-state index is 0.237. The van der Waals surface area contributed by atoms with Gasteiger partial charge in [0.15, 0.2) is 0 Å². The Hall–Kier alpha value is -1.63. The Morgan fingerprint density at radius 3 is 2.69 bits per heavy atom. The van der Waals surface area contributed by atoms with Gasteiger partial charge in [0.1, 0.15) is 5.78 Å². The summed E-state index contributed by atoms with van der Waals surface area (Å²) in [4.78, 5) is 13.3. The van der Waals surface area contributed by atoms with E-state index in [0.29, 0.717) is 17.1 Å². The van der Waals surface area contributed by atoms with Crippen molar-refractivity contribution in [1.29, 1.82) is 0 Å². The van der Waals surface area contributed by atoms with Gasteiger partial charge in [-0.15, -0.1) is 0 Å². The van der Waals surface area contributed by atoms with Gasteiger partial charge in [-0.2, -0.15) is 0 Å². The number of fused-ring (bicyclic) bond motifs is 5. The third-order valence-electron chi connectivity index (χ3n) is 9.54. The number of ketones is 1. The monoisotopic (exact) mass is 388 g/mol. The topological polar surface area (TPSA) is 17.1 Å². The first kappa shape index (κ1) is 19.3. The zero-order valence-electron chi connectivity index (χ0n) is 18.2. The molecule has 154 valence electrons. The lowest BCUT2D eigenvalue weighted by Gasteiger charge is -2.56. The van der Waals surface area contributed by atoms with E-state index in [-0.39, 0.29) is 5.41 Å². The summed E-state index contributed by atoms with van der Waals surface area (Å²) in [6.45, 7) is 5.02. The first-order valence-electron chi connectivity index (χ1n) is 12.0. The van der Waals surface area contributed by atoms with Crippen LogP contribution in [0.1, 0.15) is 70.8 Å². The van der Waals surface area contributed by atoms with Crippen LogP contribution >= 0.6 is 0 Å². The van der Waals surface area contributed by atoms with E-state index in [1.165, 1.54) is 44.1 Å². The highest BCUT2D eigenvalue weighted by Gasteiger charge is 2.59. The third kappa shape index (κ3) is 3.07. The van der Waals surface area contributed by atoms with E-state index in [1.807, 2.05) is 0 Å². The predicted molar refractivity (Wildman–Crippen MR) is 119 cm³/mol. The van der Waals surface area contributed by atoms with Gasteiger partial charge in [-0.05, 0) is 91.1 Å². The molecule has 4 aliphatic carbocycles. The normalized spacial score (nSPS) is 40.6. The lowest BCUT2D eigenvalue weighted by atomic mass is 9.48. The molecule has 0 heterocycles. The molecule has 0 spiro atoms. The molecule has 6 atom stereocenters. The molecule has 0 saturated heterocycles. The van der Waals surface area contributed by atoms with Crippen LogP contribution in [0.2, 0.25) is 0 Å². The standard InChI is InChI=1S/C28H36O/c1-27-18-7-6-10-21(27)12-13-22-23-14-15-25(28(23,2)19-17-24(22)27)26(29)16-11-20-8-4-3-5-9-20/h3-6,8-10,12,22-25H,7,11,13-19H2,1-2H3/t22-,23-,24-,25+,27-,28-/m0/s1. The van der Waals surface area contributed by atoms with Crippen LogP contribution in [0.4, 0.5) is 0 Å². The van der Waals surface area contributed by atoms with Gasteiger partial charge >= 0.3 is 0 Å². The lowest BCUT2D eigenvalue weighted by Crippen LogP contribution is -2.49. The summed E-state index contributed by atoms with van der Waals surface area (Å²) in [6, 6.07) is 10.5. The number of Topliss-reactive ketones (excluding diaryl/α,β-unsaturated/α-hetero) is 1. The minimum Gasteiger partial charge on any atom is -0.299 e. The van der Waals surface area contributed by atoms with Crippen molar-refractivity contribution >= 4 is 5.78 Å². The lowest BCUT2D eigenvalue weighted by molar-refractivity contribution is -0.129. The fraction of sp³-hybridized carbons (Fsp3) is 0.607. The fourth-order valence-electron chi connectivity index (χ4n) is 7.91. The second-order valence-corrected chi connectivity index (χ2v) is 10.8. The second-order valence-electron chi connectivity index (χ2n) is 10.8. The van der Waals surface area contributed by atoms with Crippen molar-refractivity contribution in [1.82, 2.24) is 0 Å². The van der Waals surface area contributed by atoms with E-state index < -0.39 is 0 Å². The van der Waals surface area contributed by atoms with Crippen LogP contribution in [-0.4, -0.2) is 5.78 Å². The molecule has 5 rings (SSSR count). The minimum absolute atomic E-state index is 0.237. The number of rotatable bonds is 4. The van der Waals surface area contributed by atoms with Gasteiger partial charge < -0.3 is 0 Å². The molecule has 0 aliphatic heterocycles. The molecule has 0 radical (unpaired) electrons. The summed E-state index contributed by atoms with van der Waals surface area (Å²) in [5, 5.41) is 0. The van der Waals surface area contributed by atoms with Crippen LogP contribution in [0.5, 0.6) is 0 Å². The smallest absolute Gasteiger partial charge is 0.136 e.